The maximum Gasteiger partial charge on any atom is 0.309 e. The number of carboxylic acid groups (broad SMARTS) is 1. The molecule has 0 aliphatic rings. The van der Waals surface area contributed by atoms with Crippen LogP contribution in [0.25, 0.3) is 5.78 Å². The second kappa shape index (κ2) is 3.34. The van der Waals surface area contributed by atoms with Crippen molar-refractivity contribution in [3.8, 4) is 0 Å². The minimum atomic E-state index is -0.864. The van der Waals surface area contributed by atoms with E-state index in [0.717, 1.165) is 11.4 Å². The molecule has 1 N–H and O–H groups in total. The number of aromatic nitrogens is 3. The van der Waals surface area contributed by atoms with Gasteiger partial charge in [-0.2, -0.15) is 0 Å². The predicted octanol–water partition coefficient (Wildman–Crippen LogP) is 0.973. The summed E-state index contributed by atoms with van der Waals surface area (Å²) < 4.78 is 1.76. The molecule has 0 fully saturated rings. The Bertz CT molecular complexity index is 531. The summed E-state index contributed by atoms with van der Waals surface area (Å²) in [6, 6.07) is 1.90. The number of fused-ring (bicyclic) bond motifs is 1. The molecule has 5 heteroatoms. The maximum atomic E-state index is 10.6. The molecular weight excluding hydrogens is 194 g/mol. The van der Waals surface area contributed by atoms with Crippen LogP contribution in [0.3, 0.4) is 0 Å². The zero-order valence-electron chi connectivity index (χ0n) is 8.56. The average molecular weight is 205 g/mol. The van der Waals surface area contributed by atoms with Crippen LogP contribution in [0.5, 0.6) is 0 Å². The van der Waals surface area contributed by atoms with Crippen molar-refractivity contribution in [2.45, 2.75) is 20.3 Å². The van der Waals surface area contributed by atoms with Gasteiger partial charge >= 0.3 is 5.97 Å². The smallest absolute Gasteiger partial charge is 0.309 e. The first-order valence-electron chi connectivity index (χ1n) is 4.60. The van der Waals surface area contributed by atoms with E-state index in [1.165, 1.54) is 0 Å². The highest BCUT2D eigenvalue weighted by molar-refractivity contribution is 5.69. The van der Waals surface area contributed by atoms with Crippen molar-refractivity contribution in [2.24, 2.45) is 0 Å². The molecule has 2 aromatic rings. The van der Waals surface area contributed by atoms with Crippen LogP contribution in [0.15, 0.2) is 12.3 Å². The Morgan fingerprint density at radius 2 is 2.27 bits per heavy atom. The second-order valence-corrected chi connectivity index (χ2v) is 3.49. The van der Waals surface area contributed by atoms with E-state index in [4.69, 9.17) is 5.11 Å². The number of carboxylic acids is 1. The summed E-state index contributed by atoms with van der Waals surface area (Å²) in [7, 11) is 0. The van der Waals surface area contributed by atoms with Crippen molar-refractivity contribution in [1.82, 2.24) is 14.4 Å². The van der Waals surface area contributed by atoms with Gasteiger partial charge in [0.1, 0.15) is 0 Å². The summed E-state index contributed by atoms with van der Waals surface area (Å²) in [5.41, 5.74) is 2.49. The summed E-state index contributed by atoms with van der Waals surface area (Å²) in [4.78, 5) is 18.9. The maximum absolute atomic E-state index is 10.6. The normalized spacial score (nSPS) is 10.8. The van der Waals surface area contributed by atoms with Gasteiger partial charge in [0, 0.05) is 11.4 Å². The first kappa shape index (κ1) is 9.64. The molecular formula is C10H11N3O2. The summed E-state index contributed by atoms with van der Waals surface area (Å²) in [5.74, 6) is -0.305. The summed E-state index contributed by atoms with van der Waals surface area (Å²) in [6.07, 6.45) is 1.52. The lowest BCUT2D eigenvalue weighted by molar-refractivity contribution is -0.136. The fourth-order valence-corrected chi connectivity index (χ4v) is 1.68. The number of aryl methyl sites for hydroxylation is 2. The minimum absolute atomic E-state index is 0.0350. The summed E-state index contributed by atoms with van der Waals surface area (Å²) in [5, 5.41) is 8.73. The standard InChI is InChI=1S/C10H11N3O2/c1-6-3-7(2)13-8(4-9(14)15)5-11-10(13)12-6/h3,5H,4H2,1-2H3,(H,14,15). The summed E-state index contributed by atoms with van der Waals surface area (Å²) >= 11 is 0. The molecule has 0 atom stereocenters. The Balaban J connectivity index is 2.63. The van der Waals surface area contributed by atoms with Gasteiger partial charge in [-0.25, -0.2) is 9.97 Å². The third-order valence-corrected chi connectivity index (χ3v) is 2.20. The molecule has 0 aromatic carbocycles. The summed E-state index contributed by atoms with van der Waals surface area (Å²) in [6.45, 7) is 3.80. The average Bonchev–Trinajstić information content (AvgIpc) is 2.46. The highest BCUT2D eigenvalue weighted by atomic mass is 16.4. The minimum Gasteiger partial charge on any atom is -0.481 e. The second-order valence-electron chi connectivity index (χ2n) is 3.49. The number of aliphatic carboxylic acids is 1. The Kier molecular flexibility index (Phi) is 2.15. The molecule has 15 heavy (non-hydrogen) atoms. The van der Waals surface area contributed by atoms with Gasteiger partial charge in [-0.15, -0.1) is 0 Å². The zero-order chi connectivity index (χ0) is 11.0. The number of imidazole rings is 1. The number of hydrogen-bond donors (Lipinski definition) is 1. The Hall–Kier alpha value is -1.91. The molecule has 0 amide bonds. The van der Waals surface area contributed by atoms with Gasteiger partial charge in [0.15, 0.2) is 0 Å². The van der Waals surface area contributed by atoms with E-state index in [1.807, 2.05) is 19.9 Å². The lowest BCUT2D eigenvalue weighted by Gasteiger charge is -2.03. The van der Waals surface area contributed by atoms with Crippen LogP contribution in [0, 0.1) is 13.8 Å². The monoisotopic (exact) mass is 205 g/mol. The van der Waals surface area contributed by atoms with Gasteiger partial charge in [0.05, 0.1) is 18.3 Å². The molecule has 78 valence electrons. The number of carbonyl (C=O) groups is 1. The van der Waals surface area contributed by atoms with E-state index >= 15 is 0 Å². The Morgan fingerprint density at radius 3 is 2.93 bits per heavy atom. The molecule has 0 spiro atoms. The van der Waals surface area contributed by atoms with Crippen molar-refractivity contribution < 1.29 is 9.90 Å². The first-order chi connectivity index (χ1) is 7.08. The zero-order valence-corrected chi connectivity index (χ0v) is 8.56. The van der Waals surface area contributed by atoms with E-state index in [2.05, 4.69) is 9.97 Å². The van der Waals surface area contributed by atoms with Crippen LogP contribution < -0.4 is 0 Å². The van der Waals surface area contributed by atoms with E-state index in [9.17, 15) is 4.79 Å². The van der Waals surface area contributed by atoms with E-state index in [-0.39, 0.29) is 6.42 Å². The lowest BCUT2D eigenvalue weighted by atomic mass is 10.3. The van der Waals surface area contributed by atoms with Crippen LogP contribution >= 0.6 is 0 Å². The third kappa shape index (κ3) is 1.68. The Labute approximate surface area is 86.4 Å². The van der Waals surface area contributed by atoms with E-state index < -0.39 is 5.97 Å². The van der Waals surface area contributed by atoms with Gasteiger partial charge < -0.3 is 5.11 Å². The van der Waals surface area contributed by atoms with Crippen LogP contribution in [-0.4, -0.2) is 25.4 Å². The molecule has 0 unspecified atom stereocenters. The molecule has 2 heterocycles. The van der Waals surface area contributed by atoms with Gasteiger partial charge in [-0.05, 0) is 19.9 Å². The van der Waals surface area contributed by atoms with Crippen LogP contribution in [-0.2, 0) is 11.2 Å². The molecule has 2 aromatic heterocycles. The van der Waals surface area contributed by atoms with Crippen molar-refractivity contribution in [3.63, 3.8) is 0 Å². The van der Waals surface area contributed by atoms with Crippen LogP contribution in [0.2, 0.25) is 0 Å². The lowest BCUT2D eigenvalue weighted by Crippen LogP contribution is -2.06. The number of hydrogen-bond acceptors (Lipinski definition) is 3. The largest absolute Gasteiger partial charge is 0.481 e. The van der Waals surface area contributed by atoms with Crippen molar-refractivity contribution >= 4 is 11.7 Å². The fourth-order valence-electron chi connectivity index (χ4n) is 1.68. The molecule has 0 saturated heterocycles. The topological polar surface area (TPSA) is 67.5 Å². The molecule has 5 nitrogen and oxygen atoms in total. The SMILES string of the molecule is Cc1cc(C)n2c(CC(=O)O)cnc2n1. The molecule has 0 saturated carbocycles. The van der Waals surface area contributed by atoms with Crippen LogP contribution in [0.1, 0.15) is 17.1 Å². The molecule has 2 rings (SSSR count). The highest BCUT2D eigenvalue weighted by Gasteiger charge is 2.10. The van der Waals surface area contributed by atoms with Gasteiger partial charge in [0.2, 0.25) is 5.78 Å². The number of rotatable bonds is 2. The van der Waals surface area contributed by atoms with E-state index in [1.54, 1.807) is 10.6 Å². The van der Waals surface area contributed by atoms with Gasteiger partial charge in [0.25, 0.3) is 0 Å². The quantitative estimate of drug-likeness (QED) is 0.793. The first-order valence-corrected chi connectivity index (χ1v) is 4.60. The number of nitrogens with zero attached hydrogens (tertiary/aromatic N) is 3. The predicted molar refractivity (Wildman–Crippen MR) is 53.8 cm³/mol. The Morgan fingerprint density at radius 1 is 1.53 bits per heavy atom. The van der Waals surface area contributed by atoms with Crippen molar-refractivity contribution in [1.29, 1.82) is 0 Å². The third-order valence-electron chi connectivity index (χ3n) is 2.20. The van der Waals surface area contributed by atoms with Crippen LogP contribution in [0.4, 0.5) is 0 Å². The van der Waals surface area contributed by atoms with Crippen molar-refractivity contribution in [3.05, 3.63) is 29.3 Å². The molecule has 0 radical (unpaired) electrons. The fraction of sp³-hybridized carbons (Fsp3) is 0.300. The molecule has 0 aliphatic heterocycles. The van der Waals surface area contributed by atoms with Crippen molar-refractivity contribution in [2.75, 3.05) is 0 Å². The highest BCUT2D eigenvalue weighted by Crippen LogP contribution is 2.10. The van der Waals surface area contributed by atoms with Gasteiger partial charge in [-0.3, -0.25) is 9.20 Å². The van der Waals surface area contributed by atoms with Gasteiger partial charge in [-0.1, -0.05) is 0 Å². The van der Waals surface area contributed by atoms with E-state index in [0.29, 0.717) is 11.5 Å². The molecule has 0 bridgehead atoms. The molecule has 0 aliphatic carbocycles.